The summed E-state index contributed by atoms with van der Waals surface area (Å²) in [5.41, 5.74) is 2.59. The third-order valence-corrected chi connectivity index (χ3v) is 5.82. The lowest BCUT2D eigenvalue weighted by molar-refractivity contribution is -0.121. The number of ether oxygens (including phenoxy) is 1. The summed E-state index contributed by atoms with van der Waals surface area (Å²) in [7, 11) is 0. The number of carbonyl (C=O) groups is 2. The third-order valence-electron chi connectivity index (χ3n) is 4.40. The van der Waals surface area contributed by atoms with E-state index in [1.807, 2.05) is 42.5 Å². The van der Waals surface area contributed by atoms with Crippen LogP contribution >= 0.6 is 35.6 Å². The average molecular weight is 431 g/mol. The lowest BCUT2D eigenvalue weighted by Crippen LogP contribution is -2.40. The van der Waals surface area contributed by atoms with Gasteiger partial charge in [-0.2, -0.15) is 0 Å². The minimum absolute atomic E-state index is 0.0145. The summed E-state index contributed by atoms with van der Waals surface area (Å²) in [5, 5.41) is 3.28. The van der Waals surface area contributed by atoms with Crippen LogP contribution in [0.3, 0.4) is 0 Å². The Hall–Kier alpha value is -2.35. The zero-order chi connectivity index (χ0) is 19.7. The molecule has 0 saturated carbocycles. The molecule has 0 aromatic heterocycles. The summed E-state index contributed by atoms with van der Waals surface area (Å²) in [6, 6.07) is 13.1. The van der Waals surface area contributed by atoms with E-state index in [9.17, 15) is 9.59 Å². The molecule has 1 N–H and O–H groups in total. The molecule has 0 radical (unpaired) electrons. The molecular weight excluding hydrogens is 416 g/mol. The minimum Gasteiger partial charge on any atom is -0.482 e. The fraction of sp³-hybridized carbons (Fsp3) is 0.150. The van der Waals surface area contributed by atoms with Crippen molar-refractivity contribution in [1.82, 2.24) is 5.32 Å². The summed E-state index contributed by atoms with van der Waals surface area (Å²) < 4.78 is 6.00. The fourth-order valence-electron chi connectivity index (χ4n) is 3.02. The first-order chi connectivity index (χ1) is 13.5. The highest BCUT2D eigenvalue weighted by molar-refractivity contribution is 8.26. The van der Waals surface area contributed by atoms with Crippen molar-refractivity contribution < 1.29 is 14.3 Å². The fourth-order valence-corrected chi connectivity index (χ4v) is 4.19. The number of benzene rings is 2. The molecule has 5 nitrogen and oxygen atoms in total. The smallest absolute Gasteiger partial charge is 0.265 e. The monoisotopic (exact) mass is 430 g/mol. The van der Waals surface area contributed by atoms with Gasteiger partial charge < -0.3 is 15.0 Å². The molecule has 2 aliphatic rings. The maximum Gasteiger partial charge on any atom is 0.265 e. The first-order valence-corrected chi connectivity index (χ1v) is 10.2. The van der Waals surface area contributed by atoms with Gasteiger partial charge in [-0.15, -0.1) is 0 Å². The minimum atomic E-state index is -0.209. The standard InChI is InChI=1S/C20H15ClN2O3S2/c21-14-4-1-12(2-5-14)7-8-23-15-9-13(3-6-16(15)26-11-18(23)24)10-17-19(25)22-20(27)28-17/h1-6,9-10H,7-8,11H2,(H,22,25,27)/b17-10+. The molecular formula is C20H15ClN2O3S2. The van der Waals surface area contributed by atoms with Crippen LogP contribution < -0.4 is 15.0 Å². The zero-order valence-corrected chi connectivity index (χ0v) is 17.0. The largest absolute Gasteiger partial charge is 0.482 e. The number of thioether (sulfide) groups is 1. The normalized spacial score (nSPS) is 17.5. The molecule has 0 spiro atoms. The molecule has 0 atom stereocenters. The van der Waals surface area contributed by atoms with Crippen LogP contribution in [0.2, 0.25) is 5.02 Å². The molecule has 2 amide bonds. The van der Waals surface area contributed by atoms with Gasteiger partial charge in [-0.25, -0.2) is 0 Å². The van der Waals surface area contributed by atoms with E-state index in [4.69, 9.17) is 28.6 Å². The Morgan fingerprint density at radius 1 is 1.21 bits per heavy atom. The summed E-state index contributed by atoms with van der Waals surface area (Å²) in [5.74, 6) is 0.344. The van der Waals surface area contributed by atoms with Gasteiger partial charge in [0.15, 0.2) is 6.61 Å². The number of anilines is 1. The Kier molecular flexibility index (Phi) is 5.39. The molecule has 0 unspecified atom stereocenters. The predicted octanol–water partition coefficient (Wildman–Crippen LogP) is 3.80. The van der Waals surface area contributed by atoms with Gasteiger partial charge in [0, 0.05) is 11.6 Å². The first kappa shape index (κ1) is 19.0. The summed E-state index contributed by atoms with van der Waals surface area (Å²) >= 11 is 12.2. The van der Waals surface area contributed by atoms with Crippen molar-refractivity contribution in [2.45, 2.75) is 6.42 Å². The van der Waals surface area contributed by atoms with Crippen molar-refractivity contribution in [2.24, 2.45) is 0 Å². The van der Waals surface area contributed by atoms with Crippen LogP contribution in [0, 0.1) is 0 Å². The van der Waals surface area contributed by atoms with Gasteiger partial charge in [0.2, 0.25) is 0 Å². The second-order valence-corrected chi connectivity index (χ2v) is 8.45. The van der Waals surface area contributed by atoms with Gasteiger partial charge in [0.05, 0.1) is 10.6 Å². The molecule has 0 bridgehead atoms. The van der Waals surface area contributed by atoms with E-state index >= 15 is 0 Å². The van der Waals surface area contributed by atoms with Gasteiger partial charge in [0.25, 0.3) is 11.8 Å². The van der Waals surface area contributed by atoms with Crippen LogP contribution in [-0.4, -0.2) is 29.3 Å². The maximum atomic E-state index is 12.5. The number of thiocarbonyl (C=S) groups is 1. The molecule has 142 valence electrons. The molecule has 4 rings (SSSR count). The topological polar surface area (TPSA) is 58.6 Å². The molecule has 1 saturated heterocycles. The third kappa shape index (κ3) is 4.06. The number of rotatable bonds is 4. The zero-order valence-electron chi connectivity index (χ0n) is 14.6. The van der Waals surface area contributed by atoms with Crippen LogP contribution in [0.1, 0.15) is 11.1 Å². The summed E-state index contributed by atoms with van der Waals surface area (Å²) in [6.07, 6.45) is 2.45. The van der Waals surface area contributed by atoms with Crippen LogP contribution in [-0.2, 0) is 16.0 Å². The predicted molar refractivity (Wildman–Crippen MR) is 116 cm³/mol. The second-order valence-electron chi connectivity index (χ2n) is 6.29. The van der Waals surface area contributed by atoms with E-state index < -0.39 is 0 Å². The highest BCUT2D eigenvalue weighted by atomic mass is 35.5. The molecule has 28 heavy (non-hydrogen) atoms. The van der Waals surface area contributed by atoms with E-state index in [2.05, 4.69) is 5.32 Å². The van der Waals surface area contributed by atoms with Gasteiger partial charge in [-0.3, -0.25) is 9.59 Å². The van der Waals surface area contributed by atoms with Crippen molar-refractivity contribution in [3.05, 3.63) is 63.5 Å². The van der Waals surface area contributed by atoms with Crippen LogP contribution in [0.4, 0.5) is 5.69 Å². The van der Waals surface area contributed by atoms with Gasteiger partial charge in [0.1, 0.15) is 10.1 Å². The lowest BCUT2D eigenvalue weighted by Gasteiger charge is -2.29. The van der Waals surface area contributed by atoms with Crippen LogP contribution in [0.25, 0.3) is 6.08 Å². The highest BCUT2D eigenvalue weighted by Crippen LogP contribution is 2.35. The van der Waals surface area contributed by atoms with Crippen LogP contribution in [0.5, 0.6) is 5.75 Å². The average Bonchev–Trinajstić information content (AvgIpc) is 2.99. The number of nitrogens with zero attached hydrogens (tertiary/aromatic N) is 1. The van der Waals surface area contributed by atoms with Gasteiger partial charge in [-0.05, 0) is 47.9 Å². The molecule has 2 aromatic rings. The Bertz CT molecular complexity index is 1010. The number of nitrogens with one attached hydrogen (secondary N) is 1. The highest BCUT2D eigenvalue weighted by Gasteiger charge is 2.26. The molecule has 2 heterocycles. The lowest BCUT2D eigenvalue weighted by atomic mass is 10.1. The maximum absolute atomic E-state index is 12.5. The first-order valence-electron chi connectivity index (χ1n) is 8.56. The van der Waals surface area contributed by atoms with E-state index in [-0.39, 0.29) is 18.4 Å². The Labute approximate surface area is 176 Å². The number of hydrogen-bond donors (Lipinski definition) is 1. The number of carbonyl (C=O) groups excluding carboxylic acids is 2. The molecule has 8 heteroatoms. The van der Waals surface area contributed by atoms with Gasteiger partial charge >= 0.3 is 0 Å². The quantitative estimate of drug-likeness (QED) is 0.590. The number of hydrogen-bond acceptors (Lipinski definition) is 5. The number of halogens is 1. The molecule has 2 aromatic carbocycles. The number of fused-ring (bicyclic) bond motifs is 1. The van der Waals surface area contributed by atoms with Crippen molar-refractivity contribution in [3.63, 3.8) is 0 Å². The Balaban J connectivity index is 1.59. The molecule has 0 aliphatic carbocycles. The molecule has 1 fully saturated rings. The Morgan fingerprint density at radius 3 is 2.71 bits per heavy atom. The van der Waals surface area contributed by atoms with Crippen molar-refractivity contribution >= 4 is 63.5 Å². The van der Waals surface area contributed by atoms with E-state index in [0.717, 1.165) is 11.1 Å². The summed E-state index contributed by atoms with van der Waals surface area (Å²) in [4.78, 5) is 26.6. The SMILES string of the molecule is O=C1NC(=S)S/C1=C/c1ccc2c(c1)N(CCc1ccc(Cl)cc1)C(=O)CO2. The van der Waals surface area contributed by atoms with Crippen molar-refractivity contribution in [2.75, 3.05) is 18.1 Å². The van der Waals surface area contributed by atoms with Crippen molar-refractivity contribution in [1.29, 1.82) is 0 Å². The molecule has 2 aliphatic heterocycles. The Morgan fingerprint density at radius 2 is 2.00 bits per heavy atom. The van der Waals surface area contributed by atoms with Crippen LogP contribution in [0.15, 0.2) is 47.4 Å². The van der Waals surface area contributed by atoms with E-state index in [0.29, 0.717) is 38.7 Å². The van der Waals surface area contributed by atoms with E-state index in [1.54, 1.807) is 11.0 Å². The van der Waals surface area contributed by atoms with E-state index in [1.165, 1.54) is 11.8 Å². The van der Waals surface area contributed by atoms with Gasteiger partial charge in [-0.1, -0.05) is 53.8 Å². The summed E-state index contributed by atoms with van der Waals surface area (Å²) in [6.45, 7) is 0.538. The number of amides is 2. The second kappa shape index (κ2) is 7.95. The van der Waals surface area contributed by atoms with Crippen molar-refractivity contribution in [3.8, 4) is 5.75 Å².